The van der Waals surface area contributed by atoms with Crippen molar-refractivity contribution < 1.29 is 18.1 Å². The molecule has 0 fully saturated rings. The molecular weight excluding hydrogens is 372 g/mol. The first kappa shape index (κ1) is 27.9. The third-order valence-corrected chi connectivity index (χ3v) is 7.05. The van der Waals surface area contributed by atoms with Crippen LogP contribution < -0.4 is 0 Å². The van der Waals surface area contributed by atoms with E-state index in [0.717, 1.165) is 44.9 Å². The van der Waals surface area contributed by atoms with Crippen LogP contribution in [0.15, 0.2) is 0 Å². The van der Waals surface area contributed by atoms with Gasteiger partial charge in [-0.2, -0.15) is 8.42 Å². The molecule has 2 atom stereocenters. The highest BCUT2D eigenvalue weighted by molar-refractivity contribution is 7.86. The summed E-state index contributed by atoms with van der Waals surface area (Å²) in [5.41, 5.74) is 0. The largest absolute Gasteiger partial charge is 0.393 e. The molecule has 0 aliphatic carbocycles. The number of unbranched alkanes of at least 4 members (excludes halogenated alkanes) is 12. The molecule has 0 aliphatic rings. The number of hydrogen-bond acceptors (Lipinski definition) is 3. The van der Waals surface area contributed by atoms with Gasteiger partial charge in [-0.15, -0.1) is 0 Å². The highest BCUT2D eigenvalue weighted by atomic mass is 32.2. The zero-order valence-corrected chi connectivity index (χ0v) is 19.5. The lowest BCUT2D eigenvalue weighted by atomic mass is 10.0. The number of aliphatic hydroxyl groups is 1. The predicted molar refractivity (Wildman–Crippen MR) is 120 cm³/mol. The summed E-state index contributed by atoms with van der Waals surface area (Å²) >= 11 is 0. The maximum Gasteiger partial charge on any atom is 0.267 e. The van der Waals surface area contributed by atoms with Crippen LogP contribution in [-0.4, -0.2) is 29.4 Å². The monoisotopic (exact) mass is 420 g/mol. The minimum Gasteiger partial charge on any atom is -0.393 e. The van der Waals surface area contributed by atoms with E-state index < -0.39 is 15.4 Å². The standard InChI is InChI=1S/C23H48O4S/c1-3-5-6-12-15-19-22(24)20-16-13-10-8-7-9-11-14-17-21-23(18-4-2)28(25,26)27/h22-24H,3-21H2,1-2H3,(H,25,26,27). The van der Waals surface area contributed by atoms with Crippen LogP contribution in [0, 0.1) is 0 Å². The molecule has 0 rings (SSSR count). The van der Waals surface area contributed by atoms with Gasteiger partial charge in [0.25, 0.3) is 10.1 Å². The fourth-order valence-corrected chi connectivity index (χ4v) is 4.88. The molecule has 28 heavy (non-hydrogen) atoms. The van der Waals surface area contributed by atoms with Gasteiger partial charge >= 0.3 is 0 Å². The molecule has 5 heteroatoms. The van der Waals surface area contributed by atoms with E-state index in [1.54, 1.807) is 0 Å². The van der Waals surface area contributed by atoms with Crippen LogP contribution in [0.1, 0.15) is 136 Å². The number of aliphatic hydroxyl groups excluding tert-OH is 1. The van der Waals surface area contributed by atoms with Crippen molar-refractivity contribution in [3.05, 3.63) is 0 Å². The van der Waals surface area contributed by atoms with E-state index in [9.17, 15) is 18.1 Å². The molecule has 0 aromatic rings. The highest BCUT2D eigenvalue weighted by Gasteiger charge is 2.20. The van der Waals surface area contributed by atoms with Crippen molar-refractivity contribution in [3.8, 4) is 0 Å². The molecular formula is C23H48O4S. The van der Waals surface area contributed by atoms with Gasteiger partial charge in [0.05, 0.1) is 11.4 Å². The van der Waals surface area contributed by atoms with E-state index >= 15 is 0 Å². The molecule has 4 nitrogen and oxygen atoms in total. The summed E-state index contributed by atoms with van der Waals surface area (Å²) < 4.78 is 31.8. The Kier molecular flexibility index (Phi) is 18.8. The van der Waals surface area contributed by atoms with E-state index in [-0.39, 0.29) is 6.10 Å². The van der Waals surface area contributed by atoms with E-state index in [4.69, 9.17) is 0 Å². The summed E-state index contributed by atoms with van der Waals surface area (Å²) in [6, 6.07) is 0. The van der Waals surface area contributed by atoms with Gasteiger partial charge < -0.3 is 5.11 Å². The molecule has 0 bridgehead atoms. The summed E-state index contributed by atoms with van der Waals surface area (Å²) in [4.78, 5) is 0. The molecule has 0 saturated carbocycles. The Balaban J connectivity index is 3.39. The first-order valence-corrected chi connectivity index (χ1v) is 13.6. The van der Waals surface area contributed by atoms with Gasteiger partial charge in [0.2, 0.25) is 0 Å². The molecule has 0 amide bonds. The van der Waals surface area contributed by atoms with Crippen molar-refractivity contribution >= 4 is 10.1 Å². The van der Waals surface area contributed by atoms with Gasteiger partial charge in [-0.3, -0.25) is 4.55 Å². The summed E-state index contributed by atoms with van der Waals surface area (Å²) in [6.45, 7) is 4.18. The third-order valence-electron chi connectivity index (χ3n) is 5.74. The normalized spacial score (nSPS) is 14.3. The Labute approximate surface area is 175 Å². The first-order chi connectivity index (χ1) is 13.4. The molecule has 0 aromatic heterocycles. The SMILES string of the molecule is CCCCCCCC(O)CCCCCCCCCCCC(CCC)S(=O)(=O)O. The van der Waals surface area contributed by atoms with Gasteiger partial charge in [-0.1, -0.05) is 110 Å². The molecule has 0 spiro atoms. The van der Waals surface area contributed by atoms with Crippen LogP contribution in [0.3, 0.4) is 0 Å². The maximum absolute atomic E-state index is 11.3. The van der Waals surface area contributed by atoms with Gasteiger partial charge in [0.1, 0.15) is 0 Å². The molecule has 2 unspecified atom stereocenters. The van der Waals surface area contributed by atoms with Crippen molar-refractivity contribution in [2.24, 2.45) is 0 Å². The van der Waals surface area contributed by atoms with Crippen molar-refractivity contribution in [2.45, 2.75) is 147 Å². The zero-order valence-electron chi connectivity index (χ0n) is 18.7. The Hall–Kier alpha value is -0.130. The summed E-state index contributed by atoms with van der Waals surface area (Å²) in [5.74, 6) is 0. The van der Waals surface area contributed by atoms with Crippen LogP contribution in [-0.2, 0) is 10.1 Å². The van der Waals surface area contributed by atoms with Crippen LogP contribution in [0.25, 0.3) is 0 Å². The topological polar surface area (TPSA) is 74.6 Å². The second-order valence-corrected chi connectivity index (χ2v) is 10.2. The van der Waals surface area contributed by atoms with Crippen molar-refractivity contribution in [1.82, 2.24) is 0 Å². The Morgan fingerprint density at radius 1 is 0.571 bits per heavy atom. The van der Waals surface area contributed by atoms with E-state index in [1.807, 2.05) is 6.92 Å². The minimum atomic E-state index is -3.87. The Morgan fingerprint density at radius 2 is 0.964 bits per heavy atom. The molecule has 0 aliphatic heterocycles. The predicted octanol–water partition coefficient (Wildman–Crippen LogP) is 7.06. The van der Waals surface area contributed by atoms with Crippen molar-refractivity contribution in [1.29, 1.82) is 0 Å². The second kappa shape index (κ2) is 18.9. The van der Waals surface area contributed by atoms with Crippen molar-refractivity contribution in [2.75, 3.05) is 0 Å². The lowest BCUT2D eigenvalue weighted by Crippen LogP contribution is -2.20. The highest BCUT2D eigenvalue weighted by Crippen LogP contribution is 2.18. The van der Waals surface area contributed by atoms with Crippen molar-refractivity contribution in [3.63, 3.8) is 0 Å². The van der Waals surface area contributed by atoms with Crippen LogP contribution in [0.5, 0.6) is 0 Å². The van der Waals surface area contributed by atoms with E-state index in [0.29, 0.717) is 12.8 Å². The van der Waals surface area contributed by atoms with E-state index in [2.05, 4.69) is 6.92 Å². The van der Waals surface area contributed by atoms with Gasteiger partial charge in [-0.25, -0.2) is 0 Å². The van der Waals surface area contributed by atoms with Crippen LogP contribution in [0.2, 0.25) is 0 Å². The molecule has 0 aromatic carbocycles. The molecule has 0 radical (unpaired) electrons. The smallest absolute Gasteiger partial charge is 0.267 e. The number of hydrogen-bond donors (Lipinski definition) is 2. The second-order valence-electron chi connectivity index (χ2n) is 8.54. The fraction of sp³-hybridized carbons (Fsp3) is 1.00. The van der Waals surface area contributed by atoms with Gasteiger partial charge in [0.15, 0.2) is 0 Å². The molecule has 170 valence electrons. The minimum absolute atomic E-state index is 0.0964. The van der Waals surface area contributed by atoms with Crippen LogP contribution in [0.4, 0.5) is 0 Å². The Bertz CT molecular complexity index is 422. The third kappa shape index (κ3) is 17.9. The average Bonchev–Trinajstić information content (AvgIpc) is 2.64. The lowest BCUT2D eigenvalue weighted by Gasteiger charge is -2.12. The summed E-state index contributed by atoms with van der Waals surface area (Å²) in [7, 11) is -3.87. The summed E-state index contributed by atoms with van der Waals surface area (Å²) in [6.07, 6.45) is 20.6. The maximum atomic E-state index is 11.3. The number of rotatable bonds is 21. The van der Waals surface area contributed by atoms with Crippen LogP contribution >= 0.6 is 0 Å². The summed E-state index contributed by atoms with van der Waals surface area (Å²) in [5, 5.41) is 9.43. The quantitative estimate of drug-likeness (QED) is 0.154. The average molecular weight is 421 g/mol. The molecule has 2 N–H and O–H groups in total. The molecule has 0 saturated heterocycles. The lowest BCUT2D eigenvalue weighted by molar-refractivity contribution is 0.147. The van der Waals surface area contributed by atoms with Gasteiger partial charge in [0, 0.05) is 0 Å². The fourth-order valence-electron chi connectivity index (χ4n) is 3.88. The zero-order chi connectivity index (χ0) is 21.1. The molecule has 0 heterocycles. The first-order valence-electron chi connectivity index (χ1n) is 12.1. The van der Waals surface area contributed by atoms with Gasteiger partial charge in [-0.05, 0) is 25.7 Å². The Morgan fingerprint density at radius 3 is 1.36 bits per heavy atom. The van der Waals surface area contributed by atoms with E-state index in [1.165, 1.54) is 64.2 Å².